The lowest BCUT2D eigenvalue weighted by Crippen LogP contribution is -2.37. The van der Waals surface area contributed by atoms with E-state index in [9.17, 15) is 9.59 Å². The Morgan fingerprint density at radius 2 is 1.78 bits per heavy atom. The maximum Gasteiger partial charge on any atom is 0.323 e. The lowest BCUT2D eigenvalue weighted by molar-refractivity contribution is -0.116. The highest BCUT2D eigenvalue weighted by molar-refractivity contribution is 7.15. The third-order valence-electron chi connectivity index (χ3n) is 4.09. The number of aromatic nitrogens is 2. The van der Waals surface area contributed by atoms with Gasteiger partial charge < -0.3 is 10.2 Å². The van der Waals surface area contributed by atoms with Gasteiger partial charge in [-0.15, -0.1) is 10.2 Å². The van der Waals surface area contributed by atoms with Gasteiger partial charge in [0.15, 0.2) is 0 Å². The van der Waals surface area contributed by atoms with E-state index in [2.05, 4.69) is 27.8 Å². The summed E-state index contributed by atoms with van der Waals surface area (Å²) in [6.45, 7) is 7.99. The van der Waals surface area contributed by atoms with Gasteiger partial charge in [0.25, 0.3) is 0 Å². The summed E-state index contributed by atoms with van der Waals surface area (Å²) in [6.07, 6.45) is 2.98. The van der Waals surface area contributed by atoms with Crippen molar-refractivity contribution in [3.63, 3.8) is 0 Å². The highest BCUT2D eigenvalue weighted by Crippen LogP contribution is 2.22. The second kappa shape index (κ2) is 9.45. The van der Waals surface area contributed by atoms with E-state index >= 15 is 0 Å². The zero-order valence-corrected chi connectivity index (χ0v) is 17.4. The first kappa shape index (κ1) is 20.8. The van der Waals surface area contributed by atoms with Gasteiger partial charge in [-0.3, -0.25) is 10.1 Å². The fourth-order valence-corrected chi connectivity index (χ4v) is 3.53. The monoisotopic (exact) mass is 389 g/mol. The van der Waals surface area contributed by atoms with Crippen LogP contribution in [0.2, 0.25) is 0 Å². The molecule has 1 heterocycles. The van der Waals surface area contributed by atoms with Crippen LogP contribution < -0.4 is 10.6 Å². The van der Waals surface area contributed by atoms with Crippen LogP contribution in [0.25, 0.3) is 0 Å². The molecule has 3 amide bonds. The number of nitrogens with zero attached hydrogens (tertiary/aromatic N) is 3. The van der Waals surface area contributed by atoms with E-state index in [4.69, 9.17) is 0 Å². The van der Waals surface area contributed by atoms with Gasteiger partial charge >= 0.3 is 6.03 Å². The maximum atomic E-state index is 12.3. The summed E-state index contributed by atoms with van der Waals surface area (Å²) >= 11 is 1.36. The lowest BCUT2D eigenvalue weighted by Gasteiger charge is -2.18. The second-order valence-corrected chi connectivity index (χ2v) is 7.77. The average Bonchev–Trinajstić information content (AvgIpc) is 3.03. The maximum absolute atomic E-state index is 12.3. The number of amides is 3. The molecule has 0 bridgehead atoms. The van der Waals surface area contributed by atoms with E-state index in [1.165, 1.54) is 16.2 Å². The fraction of sp³-hybridized carbons (Fsp3) is 0.474. The van der Waals surface area contributed by atoms with Crippen molar-refractivity contribution in [1.82, 2.24) is 15.1 Å². The van der Waals surface area contributed by atoms with Crippen molar-refractivity contribution in [3.05, 3.63) is 33.8 Å². The van der Waals surface area contributed by atoms with Crippen LogP contribution in [0.15, 0.2) is 12.1 Å². The van der Waals surface area contributed by atoms with Gasteiger partial charge in [-0.1, -0.05) is 42.4 Å². The Hall–Kier alpha value is -2.48. The van der Waals surface area contributed by atoms with Crippen molar-refractivity contribution in [1.29, 1.82) is 0 Å². The minimum atomic E-state index is -0.388. The van der Waals surface area contributed by atoms with Gasteiger partial charge in [0.2, 0.25) is 11.0 Å². The number of carbonyl (C=O) groups is 2. The minimum absolute atomic E-state index is 0.0555. The summed E-state index contributed by atoms with van der Waals surface area (Å²) in [7, 11) is 1.57. The number of hydrogen-bond acceptors (Lipinski definition) is 5. The van der Waals surface area contributed by atoms with Crippen LogP contribution in [0, 0.1) is 20.8 Å². The number of aryl methyl sites for hydroxylation is 4. The summed E-state index contributed by atoms with van der Waals surface area (Å²) in [5, 5.41) is 15.0. The van der Waals surface area contributed by atoms with Crippen LogP contribution in [-0.2, 0) is 11.2 Å². The molecule has 146 valence electrons. The van der Waals surface area contributed by atoms with Crippen molar-refractivity contribution in [2.75, 3.05) is 24.2 Å². The Labute approximate surface area is 164 Å². The first-order chi connectivity index (χ1) is 12.8. The van der Waals surface area contributed by atoms with Gasteiger partial charge in [0.1, 0.15) is 11.6 Å². The van der Waals surface area contributed by atoms with Gasteiger partial charge in [-0.2, -0.15) is 0 Å². The highest BCUT2D eigenvalue weighted by Gasteiger charge is 2.16. The van der Waals surface area contributed by atoms with Crippen LogP contribution in [0.3, 0.4) is 0 Å². The molecule has 2 N–H and O–H groups in total. The van der Waals surface area contributed by atoms with Crippen LogP contribution in [0.5, 0.6) is 0 Å². The zero-order valence-electron chi connectivity index (χ0n) is 16.5. The van der Waals surface area contributed by atoms with Gasteiger partial charge in [0.05, 0.1) is 0 Å². The molecule has 8 heteroatoms. The number of likely N-dealkylation sites (N-methyl/N-ethyl adjacent to an activating group) is 1. The molecule has 7 nitrogen and oxygen atoms in total. The summed E-state index contributed by atoms with van der Waals surface area (Å²) in [5.41, 5.74) is 3.95. The Morgan fingerprint density at radius 3 is 2.41 bits per heavy atom. The number of urea groups is 1. The first-order valence-electron chi connectivity index (χ1n) is 9.02. The van der Waals surface area contributed by atoms with Crippen LogP contribution in [0.4, 0.5) is 15.6 Å². The van der Waals surface area contributed by atoms with E-state index in [0.717, 1.165) is 46.6 Å². The fourth-order valence-electron chi connectivity index (χ4n) is 2.76. The molecule has 0 aliphatic heterocycles. The van der Waals surface area contributed by atoms with Gasteiger partial charge in [-0.05, 0) is 38.3 Å². The lowest BCUT2D eigenvalue weighted by atomic mass is 10.1. The van der Waals surface area contributed by atoms with Crippen LogP contribution in [-0.4, -0.2) is 40.6 Å². The Balaban J connectivity index is 1.90. The molecule has 0 spiro atoms. The third kappa shape index (κ3) is 6.02. The first-order valence-corrected chi connectivity index (χ1v) is 9.84. The number of unbranched alkanes of at least 4 members (excludes halogenated alkanes) is 1. The van der Waals surface area contributed by atoms with E-state index in [-0.39, 0.29) is 18.5 Å². The molecule has 2 rings (SSSR count). The minimum Gasteiger partial charge on any atom is -0.324 e. The third-order valence-corrected chi connectivity index (χ3v) is 4.99. The largest absolute Gasteiger partial charge is 0.324 e. The molecule has 1 aromatic heterocycles. The molecule has 0 radical (unpaired) electrons. The predicted octanol–water partition coefficient (Wildman–Crippen LogP) is 3.91. The molecule has 0 saturated heterocycles. The number of nitrogens with one attached hydrogen (secondary N) is 2. The van der Waals surface area contributed by atoms with E-state index in [0.29, 0.717) is 5.13 Å². The highest BCUT2D eigenvalue weighted by atomic mass is 32.1. The summed E-state index contributed by atoms with van der Waals surface area (Å²) in [6, 6.07) is 3.65. The molecule has 27 heavy (non-hydrogen) atoms. The SMILES string of the molecule is CCCCc1nnc(NC(=O)N(C)CC(=O)Nc2c(C)cc(C)cc2C)s1. The van der Waals surface area contributed by atoms with Gasteiger partial charge in [-0.25, -0.2) is 4.79 Å². The number of rotatable bonds is 7. The zero-order chi connectivity index (χ0) is 20.0. The number of anilines is 2. The molecule has 0 aliphatic carbocycles. The van der Waals surface area contributed by atoms with Crippen LogP contribution in [0.1, 0.15) is 41.5 Å². The number of hydrogen-bond donors (Lipinski definition) is 2. The van der Waals surface area contributed by atoms with Crippen molar-refractivity contribution >= 4 is 34.1 Å². The number of benzene rings is 1. The Morgan fingerprint density at radius 1 is 1.11 bits per heavy atom. The molecule has 1 aromatic carbocycles. The molecule has 0 saturated carbocycles. The molecule has 0 fully saturated rings. The second-order valence-electron chi connectivity index (χ2n) is 6.71. The standard InChI is InChI=1S/C19H27N5O2S/c1-6-7-8-16-22-23-18(27-16)21-19(26)24(5)11-15(25)20-17-13(3)9-12(2)10-14(17)4/h9-10H,6-8,11H2,1-5H3,(H,20,25)(H,21,23,26). The van der Waals surface area contributed by atoms with Crippen molar-refractivity contribution in [3.8, 4) is 0 Å². The van der Waals surface area contributed by atoms with Crippen LogP contribution >= 0.6 is 11.3 Å². The average molecular weight is 390 g/mol. The van der Waals surface area contributed by atoms with Crippen molar-refractivity contribution in [2.24, 2.45) is 0 Å². The molecule has 0 aliphatic rings. The smallest absolute Gasteiger partial charge is 0.323 e. The topological polar surface area (TPSA) is 87.2 Å². The molecule has 0 atom stereocenters. The van der Waals surface area contributed by atoms with Gasteiger partial charge in [0, 0.05) is 19.2 Å². The molecular weight excluding hydrogens is 362 g/mol. The molecule has 2 aromatic rings. The van der Waals surface area contributed by atoms with E-state index in [1.807, 2.05) is 32.9 Å². The predicted molar refractivity (Wildman–Crippen MR) is 109 cm³/mol. The summed E-state index contributed by atoms with van der Waals surface area (Å²) < 4.78 is 0. The van der Waals surface area contributed by atoms with E-state index < -0.39 is 0 Å². The van der Waals surface area contributed by atoms with E-state index in [1.54, 1.807) is 7.05 Å². The normalized spacial score (nSPS) is 10.6. The Kier molecular flexibility index (Phi) is 7.29. The summed E-state index contributed by atoms with van der Waals surface area (Å²) in [4.78, 5) is 25.9. The van der Waals surface area contributed by atoms with Crippen molar-refractivity contribution in [2.45, 2.75) is 47.0 Å². The quantitative estimate of drug-likeness (QED) is 0.752. The molecular formula is C19H27N5O2S. The van der Waals surface area contributed by atoms with Crippen molar-refractivity contribution < 1.29 is 9.59 Å². The molecule has 0 unspecified atom stereocenters. The Bertz CT molecular complexity index is 795. The number of carbonyl (C=O) groups excluding carboxylic acids is 2. The summed E-state index contributed by atoms with van der Waals surface area (Å²) in [5.74, 6) is -0.247.